The standard InChI is InChI=1S/C13H23N5O/c1-11(18-9-7-17(2)8-10-18)13(19)14-5-3-12-4-6-15-16-12/h4,6,11H,3,5,7-10H2,1-2H3,(H,14,19)(H,15,16)/t11-/m0/s1. The molecule has 0 unspecified atom stereocenters. The summed E-state index contributed by atoms with van der Waals surface area (Å²) in [6, 6.07) is 1.88. The molecule has 2 N–H and O–H groups in total. The van der Waals surface area contributed by atoms with Gasteiger partial charge >= 0.3 is 0 Å². The van der Waals surface area contributed by atoms with Crippen molar-refractivity contribution in [3.8, 4) is 0 Å². The van der Waals surface area contributed by atoms with Crippen LogP contribution in [-0.4, -0.2) is 71.7 Å². The smallest absolute Gasteiger partial charge is 0.237 e. The monoisotopic (exact) mass is 265 g/mol. The fourth-order valence-corrected chi connectivity index (χ4v) is 2.27. The van der Waals surface area contributed by atoms with Crippen LogP contribution in [0, 0.1) is 0 Å². The molecule has 0 radical (unpaired) electrons. The molecule has 1 saturated heterocycles. The largest absolute Gasteiger partial charge is 0.354 e. The first-order valence-corrected chi connectivity index (χ1v) is 6.85. The summed E-state index contributed by atoms with van der Waals surface area (Å²) in [4.78, 5) is 16.6. The minimum atomic E-state index is -0.0459. The Balaban J connectivity index is 1.70. The third-order valence-corrected chi connectivity index (χ3v) is 3.72. The number of aromatic amines is 1. The Bertz CT molecular complexity index is 384. The van der Waals surface area contributed by atoms with Crippen LogP contribution in [0.2, 0.25) is 0 Å². The fourth-order valence-electron chi connectivity index (χ4n) is 2.27. The molecule has 0 saturated carbocycles. The van der Waals surface area contributed by atoms with E-state index in [1.54, 1.807) is 6.20 Å². The molecule has 6 nitrogen and oxygen atoms in total. The zero-order valence-corrected chi connectivity index (χ0v) is 11.7. The van der Waals surface area contributed by atoms with Crippen LogP contribution in [-0.2, 0) is 11.2 Å². The first kappa shape index (κ1) is 14.0. The highest BCUT2D eigenvalue weighted by Gasteiger charge is 2.23. The zero-order chi connectivity index (χ0) is 13.7. The first-order chi connectivity index (χ1) is 9.16. The molecule has 1 aromatic heterocycles. The zero-order valence-electron chi connectivity index (χ0n) is 11.7. The Hall–Kier alpha value is -1.40. The lowest BCUT2D eigenvalue weighted by Gasteiger charge is -2.35. The van der Waals surface area contributed by atoms with E-state index in [4.69, 9.17) is 0 Å². The fraction of sp³-hybridized carbons (Fsp3) is 0.692. The molecule has 1 aliphatic rings. The van der Waals surface area contributed by atoms with Crippen LogP contribution >= 0.6 is 0 Å². The minimum absolute atomic E-state index is 0.0459. The van der Waals surface area contributed by atoms with Gasteiger partial charge in [-0.25, -0.2) is 0 Å². The number of nitrogens with zero attached hydrogens (tertiary/aromatic N) is 3. The second-order valence-corrected chi connectivity index (χ2v) is 5.14. The molecule has 0 aromatic carbocycles. The normalized spacial score (nSPS) is 19.3. The van der Waals surface area contributed by atoms with Crippen molar-refractivity contribution in [2.45, 2.75) is 19.4 Å². The summed E-state index contributed by atoms with van der Waals surface area (Å²) in [5, 5.41) is 9.76. The molecule has 1 atom stereocenters. The Morgan fingerprint density at radius 1 is 1.47 bits per heavy atom. The van der Waals surface area contributed by atoms with Crippen molar-refractivity contribution in [2.24, 2.45) is 0 Å². The maximum Gasteiger partial charge on any atom is 0.237 e. The molecular formula is C13H23N5O. The number of aromatic nitrogens is 2. The number of likely N-dealkylation sites (N-methyl/N-ethyl adjacent to an activating group) is 1. The van der Waals surface area contributed by atoms with E-state index in [2.05, 4.69) is 32.4 Å². The molecule has 0 spiro atoms. The number of hydrogen-bond acceptors (Lipinski definition) is 4. The number of rotatable bonds is 5. The molecule has 1 amide bonds. The summed E-state index contributed by atoms with van der Waals surface area (Å²) < 4.78 is 0. The number of piperazine rings is 1. The molecule has 2 heterocycles. The SMILES string of the molecule is C[C@@H](C(=O)NCCc1ccn[nH]1)N1CCN(C)CC1. The van der Waals surface area contributed by atoms with E-state index >= 15 is 0 Å². The molecule has 0 aliphatic carbocycles. The minimum Gasteiger partial charge on any atom is -0.354 e. The van der Waals surface area contributed by atoms with Crippen LogP contribution in [0.1, 0.15) is 12.6 Å². The van der Waals surface area contributed by atoms with Gasteiger partial charge in [-0.15, -0.1) is 0 Å². The maximum atomic E-state index is 12.1. The number of H-pyrrole nitrogens is 1. The van der Waals surface area contributed by atoms with E-state index in [1.807, 2.05) is 13.0 Å². The number of hydrogen-bond donors (Lipinski definition) is 2. The van der Waals surface area contributed by atoms with Crippen molar-refractivity contribution in [1.29, 1.82) is 0 Å². The third-order valence-electron chi connectivity index (χ3n) is 3.72. The van der Waals surface area contributed by atoms with Gasteiger partial charge in [-0.3, -0.25) is 14.8 Å². The summed E-state index contributed by atoms with van der Waals surface area (Å²) in [7, 11) is 2.12. The Kier molecular flexibility index (Phi) is 4.93. The Morgan fingerprint density at radius 2 is 2.21 bits per heavy atom. The maximum absolute atomic E-state index is 12.1. The Morgan fingerprint density at radius 3 is 2.84 bits per heavy atom. The van der Waals surface area contributed by atoms with Crippen LogP contribution in [0.25, 0.3) is 0 Å². The van der Waals surface area contributed by atoms with E-state index in [0.717, 1.165) is 38.3 Å². The summed E-state index contributed by atoms with van der Waals surface area (Å²) >= 11 is 0. The van der Waals surface area contributed by atoms with Gasteiger partial charge in [-0.2, -0.15) is 5.10 Å². The van der Waals surface area contributed by atoms with E-state index in [9.17, 15) is 4.79 Å². The second-order valence-electron chi connectivity index (χ2n) is 5.14. The van der Waals surface area contributed by atoms with Crippen molar-refractivity contribution in [1.82, 2.24) is 25.3 Å². The molecular weight excluding hydrogens is 242 g/mol. The average molecular weight is 265 g/mol. The molecule has 19 heavy (non-hydrogen) atoms. The predicted molar refractivity (Wildman–Crippen MR) is 73.8 cm³/mol. The molecule has 2 rings (SSSR count). The second kappa shape index (κ2) is 6.68. The van der Waals surface area contributed by atoms with Crippen molar-refractivity contribution in [3.05, 3.63) is 18.0 Å². The van der Waals surface area contributed by atoms with Gasteiger partial charge in [0.15, 0.2) is 0 Å². The summed E-state index contributed by atoms with van der Waals surface area (Å²) in [5.41, 5.74) is 1.05. The van der Waals surface area contributed by atoms with E-state index in [0.29, 0.717) is 6.54 Å². The summed E-state index contributed by atoms with van der Waals surface area (Å²) in [5.74, 6) is 0.115. The van der Waals surface area contributed by atoms with Gasteiger partial charge in [0.25, 0.3) is 0 Å². The lowest BCUT2D eigenvalue weighted by molar-refractivity contribution is -0.126. The van der Waals surface area contributed by atoms with Crippen LogP contribution in [0.15, 0.2) is 12.3 Å². The van der Waals surface area contributed by atoms with Crippen LogP contribution < -0.4 is 5.32 Å². The summed E-state index contributed by atoms with van der Waals surface area (Å²) in [6.07, 6.45) is 2.52. The highest BCUT2D eigenvalue weighted by Crippen LogP contribution is 2.05. The van der Waals surface area contributed by atoms with Gasteiger partial charge < -0.3 is 10.2 Å². The van der Waals surface area contributed by atoms with Crippen LogP contribution in [0.3, 0.4) is 0 Å². The quantitative estimate of drug-likeness (QED) is 0.767. The molecule has 6 heteroatoms. The molecule has 1 fully saturated rings. The van der Waals surface area contributed by atoms with Gasteiger partial charge in [0.05, 0.1) is 6.04 Å². The molecule has 1 aliphatic heterocycles. The van der Waals surface area contributed by atoms with Gasteiger partial charge in [0, 0.05) is 51.0 Å². The van der Waals surface area contributed by atoms with Gasteiger partial charge in [-0.1, -0.05) is 0 Å². The number of amides is 1. The van der Waals surface area contributed by atoms with E-state index < -0.39 is 0 Å². The van der Waals surface area contributed by atoms with E-state index in [-0.39, 0.29) is 11.9 Å². The molecule has 1 aromatic rings. The highest BCUT2D eigenvalue weighted by atomic mass is 16.2. The van der Waals surface area contributed by atoms with Gasteiger partial charge in [0.2, 0.25) is 5.91 Å². The van der Waals surface area contributed by atoms with Crippen LogP contribution in [0.5, 0.6) is 0 Å². The highest BCUT2D eigenvalue weighted by molar-refractivity contribution is 5.81. The topological polar surface area (TPSA) is 64.3 Å². The third kappa shape index (κ3) is 4.04. The first-order valence-electron chi connectivity index (χ1n) is 6.85. The Labute approximate surface area is 114 Å². The van der Waals surface area contributed by atoms with Gasteiger partial charge in [-0.05, 0) is 20.0 Å². The van der Waals surface area contributed by atoms with E-state index in [1.165, 1.54) is 0 Å². The predicted octanol–water partition coefficient (Wildman–Crippen LogP) is -0.296. The van der Waals surface area contributed by atoms with Crippen molar-refractivity contribution in [2.75, 3.05) is 39.8 Å². The lowest BCUT2D eigenvalue weighted by Crippen LogP contribution is -2.53. The van der Waals surface area contributed by atoms with Crippen molar-refractivity contribution < 1.29 is 4.79 Å². The number of carbonyl (C=O) groups excluding carboxylic acids is 1. The average Bonchev–Trinajstić information content (AvgIpc) is 2.92. The molecule has 106 valence electrons. The van der Waals surface area contributed by atoms with Crippen molar-refractivity contribution >= 4 is 5.91 Å². The summed E-state index contributed by atoms with van der Waals surface area (Å²) in [6.45, 7) is 6.63. The van der Waals surface area contributed by atoms with Crippen LogP contribution in [0.4, 0.5) is 0 Å². The number of carbonyl (C=O) groups is 1. The lowest BCUT2D eigenvalue weighted by atomic mass is 10.2. The van der Waals surface area contributed by atoms with Gasteiger partial charge in [0.1, 0.15) is 0 Å². The number of nitrogens with one attached hydrogen (secondary N) is 2. The molecule has 0 bridgehead atoms. The van der Waals surface area contributed by atoms with Crippen molar-refractivity contribution in [3.63, 3.8) is 0 Å².